The van der Waals surface area contributed by atoms with E-state index >= 15 is 0 Å². The molecule has 0 aliphatic heterocycles. The number of carbonyl (C=O) groups is 2. The first-order valence-corrected chi connectivity index (χ1v) is 16.0. The zero-order valence-electron chi connectivity index (χ0n) is 26.2. The number of fused-ring (bicyclic) bond motifs is 6. The van der Waals surface area contributed by atoms with Gasteiger partial charge in [0, 0.05) is 57.4 Å². The fourth-order valence-corrected chi connectivity index (χ4v) is 6.51. The maximum atomic E-state index is 11.7. The molecule has 46 heavy (non-hydrogen) atoms. The summed E-state index contributed by atoms with van der Waals surface area (Å²) in [5.74, 6) is 0. The van der Waals surface area contributed by atoms with Crippen LogP contribution in [0.3, 0.4) is 0 Å². The number of aromatic nitrogens is 2. The number of carboxylic acid groups (broad SMARTS) is 2. The Balaban J connectivity index is 1.20. The Morgan fingerprint density at radius 3 is 1.35 bits per heavy atom. The lowest BCUT2D eigenvalue weighted by Crippen LogP contribution is -2.41. The Hall–Kier alpha value is -5.24. The number of carbonyl (C=O) groups excluding carboxylic acids is 2. The number of unbranched alkanes of at least 4 members (excludes halogenated alkanes) is 3. The minimum absolute atomic E-state index is 0.306. The molecule has 6 aromatic rings. The van der Waals surface area contributed by atoms with E-state index in [0.29, 0.717) is 24.5 Å². The molecule has 0 radical (unpaired) electrons. The van der Waals surface area contributed by atoms with Crippen molar-refractivity contribution >= 4 is 66.9 Å². The molecule has 234 valence electrons. The molecular weight excluding hydrogens is 576 g/mol. The summed E-state index contributed by atoms with van der Waals surface area (Å²) in [6, 6.07) is 27.6. The summed E-state index contributed by atoms with van der Waals surface area (Å²) >= 11 is 0. The molecule has 4 aromatic carbocycles. The van der Waals surface area contributed by atoms with Crippen molar-refractivity contribution in [2.45, 2.75) is 52.4 Å². The number of para-hydroxylation sites is 2. The van der Waals surface area contributed by atoms with Crippen molar-refractivity contribution in [1.82, 2.24) is 9.97 Å². The van der Waals surface area contributed by atoms with Crippen molar-refractivity contribution in [3.63, 3.8) is 0 Å². The van der Waals surface area contributed by atoms with Gasteiger partial charge in [-0.3, -0.25) is 9.97 Å². The predicted octanol–water partition coefficient (Wildman–Crippen LogP) is 6.77. The van der Waals surface area contributed by atoms with Gasteiger partial charge in [-0.1, -0.05) is 61.4 Å². The molecule has 0 unspecified atom stereocenters. The average molecular weight is 613 g/mol. The third kappa shape index (κ3) is 6.03. The summed E-state index contributed by atoms with van der Waals surface area (Å²) in [6.07, 6.45) is 3.00. The monoisotopic (exact) mass is 612 g/mol. The van der Waals surface area contributed by atoms with Crippen LogP contribution < -0.4 is 20.0 Å². The molecule has 2 heterocycles. The highest BCUT2D eigenvalue weighted by atomic mass is 16.4. The number of amides is 2. The van der Waals surface area contributed by atoms with Crippen LogP contribution in [0.2, 0.25) is 0 Å². The van der Waals surface area contributed by atoms with Crippen molar-refractivity contribution in [2.24, 2.45) is 0 Å². The third-order valence-corrected chi connectivity index (χ3v) is 8.80. The van der Waals surface area contributed by atoms with Gasteiger partial charge in [0.05, 0.1) is 11.0 Å². The second-order valence-corrected chi connectivity index (χ2v) is 11.5. The Bertz CT molecular complexity index is 1930. The highest BCUT2D eigenvalue weighted by Crippen LogP contribution is 2.33. The number of pyridine rings is 2. The highest BCUT2D eigenvalue weighted by molar-refractivity contribution is 6.09. The van der Waals surface area contributed by atoms with Crippen molar-refractivity contribution < 1.29 is 19.8 Å². The molecule has 0 N–H and O–H groups in total. The van der Waals surface area contributed by atoms with E-state index in [9.17, 15) is 19.8 Å². The summed E-state index contributed by atoms with van der Waals surface area (Å²) in [5, 5.41) is 29.6. The van der Waals surface area contributed by atoms with Crippen LogP contribution in [-0.4, -0.2) is 35.2 Å². The van der Waals surface area contributed by atoms with Crippen LogP contribution in [0.4, 0.5) is 21.0 Å². The fourth-order valence-electron chi connectivity index (χ4n) is 6.51. The van der Waals surface area contributed by atoms with Crippen molar-refractivity contribution in [1.29, 1.82) is 0 Å². The first kappa shape index (κ1) is 30.8. The van der Waals surface area contributed by atoms with Crippen LogP contribution in [0.25, 0.3) is 43.4 Å². The van der Waals surface area contributed by atoms with Gasteiger partial charge >= 0.3 is 0 Å². The number of hydrogen-bond acceptors (Lipinski definition) is 6. The summed E-state index contributed by atoms with van der Waals surface area (Å²) in [6.45, 7) is 4.20. The quantitative estimate of drug-likeness (QED) is 0.118. The van der Waals surface area contributed by atoms with Crippen molar-refractivity contribution in [2.75, 3.05) is 22.9 Å². The normalized spacial score (nSPS) is 11.4. The van der Waals surface area contributed by atoms with E-state index in [0.717, 1.165) is 93.3 Å². The minimum atomic E-state index is -1.22. The lowest BCUT2D eigenvalue weighted by atomic mass is 9.98. The molecule has 0 fully saturated rings. The summed E-state index contributed by atoms with van der Waals surface area (Å²) < 4.78 is 0. The lowest BCUT2D eigenvalue weighted by Gasteiger charge is -2.24. The zero-order chi connectivity index (χ0) is 32.2. The van der Waals surface area contributed by atoms with Crippen molar-refractivity contribution in [3.8, 4) is 0 Å². The van der Waals surface area contributed by atoms with E-state index in [-0.39, 0.29) is 0 Å². The summed E-state index contributed by atoms with van der Waals surface area (Å²) in [5.41, 5.74) is 4.97. The molecule has 0 saturated heterocycles. The molecule has 8 nitrogen and oxygen atoms in total. The Labute approximate surface area is 267 Å². The van der Waals surface area contributed by atoms with Gasteiger partial charge in [-0.05, 0) is 86.7 Å². The van der Waals surface area contributed by atoms with Crippen LogP contribution in [0, 0.1) is 0 Å². The predicted molar refractivity (Wildman–Crippen MR) is 181 cm³/mol. The van der Waals surface area contributed by atoms with E-state index in [4.69, 9.17) is 9.97 Å². The number of hydrogen-bond donors (Lipinski definition) is 0. The average Bonchev–Trinajstić information content (AvgIpc) is 3.06. The number of anilines is 2. The molecule has 0 bridgehead atoms. The first-order valence-electron chi connectivity index (χ1n) is 16.0. The van der Waals surface area contributed by atoms with Gasteiger partial charge in [0.15, 0.2) is 0 Å². The number of aryl methyl sites for hydroxylation is 2. The smallest absolute Gasteiger partial charge is 0.141 e. The van der Waals surface area contributed by atoms with E-state index < -0.39 is 12.2 Å². The second-order valence-electron chi connectivity index (χ2n) is 11.5. The Kier molecular flexibility index (Phi) is 8.97. The largest absolute Gasteiger partial charge is 0.530 e. The van der Waals surface area contributed by atoms with Gasteiger partial charge in [-0.15, -0.1) is 0 Å². The molecule has 0 spiro atoms. The van der Waals surface area contributed by atoms with Gasteiger partial charge in [0.1, 0.15) is 12.2 Å². The molecule has 0 aliphatic rings. The van der Waals surface area contributed by atoms with E-state index in [2.05, 4.69) is 12.1 Å². The molecule has 0 aliphatic carbocycles. The minimum Gasteiger partial charge on any atom is -0.530 e. The summed E-state index contributed by atoms with van der Waals surface area (Å²) in [7, 11) is 0. The van der Waals surface area contributed by atoms with E-state index in [1.165, 1.54) is 9.80 Å². The van der Waals surface area contributed by atoms with Gasteiger partial charge in [0.25, 0.3) is 0 Å². The molecular formula is C38H36N4O4-2. The van der Waals surface area contributed by atoms with Gasteiger partial charge in [0.2, 0.25) is 0 Å². The van der Waals surface area contributed by atoms with Crippen LogP contribution >= 0.6 is 0 Å². The van der Waals surface area contributed by atoms with Crippen LogP contribution in [0.5, 0.6) is 0 Å². The maximum absolute atomic E-state index is 11.7. The molecule has 2 aromatic heterocycles. The molecule has 6 rings (SSSR count). The molecule has 8 heteroatoms. The Morgan fingerprint density at radius 2 is 0.957 bits per heavy atom. The number of rotatable bonds is 11. The Morgan fingerprint density at radius 1 is 0.543 bits per heavy atom. The zero-order valence-corrected chi connectivity index (χ0v) is 26.2. The lowest BCUT2D eigenvalue weighted by molar-refractivity contribution is -0.247. The fraction of sp³-hybridized carbons (Fsp3) is 0.263. The summed E-state index contributed by atoms with van der Waals surface area (Å²) in [4.78, 5) is 35.9. The van der Waals surface area contributed by atoms with Crippen LogP contribution in [0.15, 0.2) is 84.9 Å². The van der Waals surface area contributed by atoms with E-state index in [1.54, 1.807) is 13.8 Å². The van der Waals surface area contributed by atoms with Crippen LogP contribution in [0.1, 0.15) is 50.9 Å². The van der Waals surface area contributed by atoms with Gasteiger partial charge in [-0.25, -0.2) is 0 Å². The third-order valence-electron chi connectivity index (χ3n) is 8.80. The number of nitrogens with zero attached hydrogens (tertiary/aromatic N) is 4. The second kappa shape index (κ2) is 13.4. The van der Waals surface area contributed by atoms with Crippen LogP contribution in [-0.2, 0) is 12.8 Å². The van der Waals surface area contributed by atoms with E-state index in [1.807, 2.05) is 72.8 Å². The topological polar surface area (TPSA) is 113 Å². The molecule has 0 saturated carbocycles. The first-order chi connectivity index (χ1) is 22.4. The van der Waals surface area contributed by atoms with Gasteiger partial charge < -0.3 is 29.6 Å². The molecule has 2 amide bonds. The molecule has 0 atom stereocenters. The SMILES string of the molecule is CCN(C(=O)[O-])c1ccc2c(c1)c(CCCCCCc1nc3ccccc3c3ccc(N(CC)C(=O)[O-])cc13)nc1ccccc12. The van der Waals surface area contributed by atoms with Crippen molar-refractivity contribution in [3.05, 3.63) is 96.3 Å². The van der Waals surface area contributed by atoms with Gasteiger partial charge in [-0.2, -0.15) is 0 Å². The number of benzene rings is 4. The highest BCUT2D eigenvalue weighted by Gasteiger charge is 2.14. The standard InChI is InChI=1S/C38H38N4O4/c1-3-41(37(43)44)25-19-21-27-29-13-9-11-17-33(29)39-35(31(27)23-25)15-7-5-6-8-16-36-32-24-26(42(4-2)38(45)46)20-22-28(32)30-14-10-12-18-34(30)40-36/h9-14,17-24H,3-8,15-16H2,1-2H3,(H,43,44)(H,45,46)/p-2. The maximum Gasteiger partial charge on any atom is 0.141 e.